The van der Waals surface area contributed by atoms with E-state index in [1.54, 1.807) is 12.1 Å². The van der Waals surface area contributed by atoms with Crippen LogP contribution in [0.1, 0.15) is 48.8 Å². The monoisotopic (exact) mass is 775 g/mol. The van der Waals surface area contributed by atoms with Gasteiger partial charge in [-0.2, -0.15) is 0 Å². The molecule has 0 spiro atoms. The SMILES string of the molecule is C[N+](CCOC(=O)OCOC(=O)CCC[N+]1(Cc2ccc(Br)cc2Br)CCCCC1)(Cc1ccccc1)Cc1ccc([N+](=O)[O-])cc1. The van der Waals surface area contributed by atoms with E-state index in [1.165, 1.54) is 37.0 Å². The van der Waals surface area contributed by atoms with Crippen LogP contribution in [0.25, 0.3) is 0 Å². The van der Waals surface area contributed by atoms with Crippen molar-refractivity contribution in [3.8, 4) is 0 Å². The van der Waals surface area contributed by atoms with Gasteiger partial charge in [-0.3, -0.25) is 14.9 Å². The third-order valence-corrected chi connectivity index (χ3v) is 9.90. The summed E-state index contributed by atoms with van der Waals surface area (Å²) >= 11 is 7.23. The highest BCUT2D eigenvalue weighted by Crippen LogP contribution is 2.29. The van der Waals surface area contributed by atoms with Gasteiger partial charge in [0.05, 0.1) is 38.0 Å². The molecule has 0 N–H and O–H groups in total. The third-order valence-electron chi connectivity index (χ3n) is 8.67. The lowest BCUT2D eigenvalue weighted by Gasteiger charge is -2.42. The fraction of sp³-hybridized carbons (Fsp3) is 0.429. The van der Waals surface area contributed by atoms with E-state index in [9.17, 15) is 19.7 Å². The molecule has 252 valence electrons. The molecule has 10 nitrogen and oxygen atoms in total. The number of likely N-dealkylation sites (tertiary alicyclic amines) is 1. The largest absolute Gasteiger partial charge is 0.511 e. The van der Waals surface area contributed by atoms with Crippen molar-refractivity contribution >= 4 is 49.7 Å². The lowest BCUT2D eigenvalue weighted by Crippen LogP contribution is -2.51. The summed E-state index contributed by atoms with van der Waals surface area (Å²) in [6.45, 7) is 5.25. The summed E-state index contributed by atoms with van der Waals surface area (Å²) in [5.41, 5.74) is 3.34. The number of hydrogen-bond donors (Lipinski definition) is 0. The van der Waals surface area contributed by atoms with Crippen LogP contribution >= 0.6 is 31.9 Å². The van der Waals surface area contributed by atoms with E-state index < -0.39 is 23.8 Å². The van der Waals surface area contributed by atoms with Crippen molar-refractivity contribution in [1.82, 2.24) is 0 Å². The minimum Gasteiger partial charge on any atom is -0.428 e. The second-order valence-corrected chi connectivity index (χ2v) is 14.3. The third kappa shape index (κ3) is 12.0. The van der Waals surface area contributed by atoms with E-state index in [1.807, 2.05) is 37.4 Å². The van der Waals surface area contributed by atoms with E-state index in [0.717, 1.165) is 50.7 Å². The molecule has 1 aliphatic heterocycles. The number of ether oxygens (including phenoxy) is 3. The molecule has 0 radical (unpaired) electrons. The first-order chi connectivity index (χ1) is 22.5. The van der Waals surface area contributed by atoms with Crippen LogP contribution in [0.5, 0.6) is 0 Å². The van der Waals surface area contributed by atoms with Gasteiger partial charge < -0.3 is 23.2 Å². The fourth-order valence-electron chi connectivity index (χ4n) is 6.22. The van der Waals surface area contributed by atoms with Crippen LogP contribution in [0.15, 0.2) is 81.7 Å². The maximum absolute atomic E-state index is 12.5. The molecule has 1 unspecified atom stereocenters. The molecular weight excluding hydrogens is 734 g/mol. The first kappa shape index (κ1) is 36.5. The maximum Gasteiger partial charge on any atom is 0.511 e. The number of nitrogens with zero attached hydrogens (tertiary/aromatic N) is 3. The first-order valence-corrected chi connectivity index (χ1v) is 17.5. The van der Waals surface area contributed by atoms with Crippen molar-refractivity contribution in [1.29, 1.82) is 0 Å². The van der Waals surface area contributed by atoms with Gasteiger partial charge in [0.1, 0.15) is 32.8 Å². The summed E-state index contributed by atoms with van der Waals surface area (Å²) in [5.74, 6) is -0.409. The van der Waals surface area contributed by atoms with Crippen molar-refractivity contribution in [2.75, 3.05) is 46.6 Å². The molecule has 47 heavy (non-hydrogen) atoms. The number of carbonyl (C=O) groups is 2. The first-order valence-electron chi connectivity index (χ1n) is 15.9. The number of non-ortho nitro benzene ring substituents is 1. The summed E-state index contributed by atoms with van der Waals surface area (Å²) < 4.78 is 19.1. The van der Waals surface area contributed by atoms with Crippen molar-refractivity contribution < 1.29 is 37.7 Å². The Kier molecular flexibility index (Phi) is 13.8. The Morgan fingerprint density at radius 3 is 2.23 bits per heavy atom. The number of carbonyl (C=O) groups excluding carboxylic acids is 2. The zero-order valence-corrected chi connectivity index (χ0v) is 30.0. The highest BCUT2D eigenvalue weighted by molar-refractivity contribution is 9.11. The van der Waals surface area contributed by atoms with Crippen LogP contribution in [0.2, 0.25) is 0 Å². The lowest BCUT2D eigenvalue weighted by atomic mass is 10.0. The van der Waals surface area contributed by atoms with Crippen LogP contribution in [-0.4, -0.2) is 72.6 Å². The summed E-state index contributed by atoms with van der Waals surface area (Å²) in [6, 6.07) is 22.7. The number of likely N-dealkylation sites (N-methyl/N-ethyl adjacent to an activating group) is 1. The normalized spacial score (nSPS) is 15.3. The van der Waals surface area contributed by atoms with Crippen molar-refractivity contribution in [2.45, 2.75) is 51.7 Å². The van der Waals surface area contributed by atoms with Crippen LogP contribution in [0.4, 0.5) is 10.5 Å². The number of halogens is 2. The predicted molar refractivity (Wildman–Crippen MR) is 185 cm³/mol. The summed E-state index contributed by atoms with van der Waals surface area (Å²) in [4.78, 5) is 35.4. The quantitative estimate of drug-likeness (QED) is 0.0479. The fourth-order valence-corrected chi connectivity index (χ4v) is 7.39. The topological polar surface area (TPSA) is 105 Å². The van der Waals surface area contributed by atoms with Crippen LogP contribution < -0.4 is 0 Å². The molecule has 1 heterocycles. The van der Waals surface area contributed by atoms with Gasteiger partial charge in [-0.25, -0.2) is 4.79 Å². The molecule has 0 amide bonds. The van der Waals surface area contributed by atoms with Gasteiger partial charge in [-0.05, 0) is 43.5 Å². The lowest BCUT2D eigenvalue weighted by molar-refractivity contribution is -0.945. The molecule has 4 rings (SSSR count). The van der Waals surface area contributed by atoms with Crippen LogP contribution in [-0.2, 0) is 38.6 Å². The van der Waals surface area contributed by atoms with Crippen LogP contribution in [0, 0.1) is 10.1 Å². The molecule has 1 atom stereocenters. The van der Waals surface area contributed by atoms with E-state index >= 15 is 0 Å². The van der Waals surface area contributed by atoms with E-state index in [4.69, 9.17) is 14.2 Å². The van der Waals surface area contributed by atoms with Gasteiger partial charge in [0, 0.05) is 44.2 Å². The smallest absolute Gasteiger partial charge is 0.428 e. The number of nitro benzene ring substituents is 1. The van der Waals surface area contributed by atoms with Gasteiger partial charge in [0.25, 0.3) is 5.69 Å². The standard InChI is InChI=1S/C35H43Br2N3O7/c1-39(24-28-9-4-2-5-10-28,25-29-12-16-32(17-13-29)38(43)44)21-22-45-35(42)47-27-46-34(41)11-8-20-40(18-6-3-7-19-40)26-30-14-15-31(36)23-33(30)37/h2,4-5,9-10,12-17,23H,3,6-8,11,18-22,24-27H2,1H3/q+2. The Morgan fingerprint density at radius 1 is 0.894 bits per heavy atom. The van der Waals surface area contributed by atoms with Gasteiger partial charge >= 0.3 is 12.1 Å². The molecule has 3 aromatic rings. The van der Waals surface area contributed by atoms with Gasteiger partial charge in [-0.1, -0.05) is 68.3 Å². The van der Waals surface area contributed by atoms with Crippen molar-refractivity contribution in [3.63, 3.8) is 0 Å². The molecule has 1 saturated heterocycles. The summed E-state index contributed by atoms with van der Waals surface area (Å²) in [7, 11) is 2.04. The van der Waals surface area contributed by atoms with Gasteiger partial charge in [0.2, 0.25) is 6.79 Å². The molecule has 0 saturated carbocycles. The number of quaternary nitrogens is 2. The maximum atomic E-state index is 12.5. The molecule has 1 aliphatic rings. The second-order valence-electron chi connectivity index (χ2n) is 12.5. The second kappa shape index (κ2) is 17.7. The molecule has 1 fully saturated rings. The number of hydrogen-bond acceptors (Lipinski definition) is 7. The Bertz CT molecular complexity index is 1480. The zero-order valence-electron chi connectivity index (χ0n) is 26.8. The van der Waals surface area contributed by atoms with Crippen molar-refractivity contribution in [3.05, 3.63) is 109 Å². The average Bonchev–Trinajstić information content (AvgIpc) is 3.03. The molecule has 12 heteroatoms. The van der Waals surface area contributed by atoms with E-state index in [-0.39, 0.29) is 18.7 Å². The molecule has 0 aromatic heterocycles. The number of rotatable bonds is 16. The number of esters is 1. The number of nitro groups is 1. The predicted octanol–water partition coefficient (Wildman–Crippen LogP) is 7.90. The van der Waals surface area contributed by atoms with E-state index in [2.05, 4.69) is 50.1 Å². The average molecular weight is 778 g/mol. The molecule has 0 bridgehead atoms. The van der Waals surface area contributed by atoms with Gasteiger partial charge in [-0.15, -0.1) is 0 Å². The highest BCUT2D eigenvalue weighted by atomic mass is 79.9. The van der Waals surface area contributed by atoms with Gasteiger partial charge in [0.15, 0.2) is 0 Å². The molecule has 3 aromatic carbocycles. The highest BCUT2D eigenvalue weighted by Gasteiger charge is 2.31. The Balaban J connectivity index is 1.20. The minimum atomic E-state index is -0.905. The van der Waals surface area contributed by atoms with E-state index in [0.29, 0.717) is 30.5 Å². The zero-order chi connectivity index (χ0) is 33.7. The Labute approximate surface area is 293 Å². The summed E-state index contributed by atoms with van der Waals surface area (Å²) in [6.07, 6.45) is 3.62. The molecular formula is C35H43Br2N3O7+2. The molecule has 0 aliphatic carbocycles. The number of piperidine rings is 1. The van der Waals surface area contributed by atoms with Crippen molar-refractivity contribution in [2.24, 2.45) is 0 Å². The minimum absolute atomic E-state index is 0.0372. The Hall–Kier alpha value is -3.32. The number of benzene rings is 3. The summed E-state index contributed by atoms with van der Waals surface area (Å²) in [5, 5.41) is 11.1. The Morgan fingerprint density at radius 2 is 1.57 bits per heavy atom. The van der Waals surface area contributed by atoms with Crippen LogP contribution in [0.3, 0.4) is 0 Å².